The van der Waals surface area contributed by atoms with Crippen molar-refractivity contribution in [2.75, 3.05) is 6.61 Å². The first-order valence-electron chi connectivity index (χ1n) is 6.08. The Bertz CT molecular complexity index is 673. The summed E-state index contributed by atoms with van der Waals surface area (Å²) in [4.78, 5) is 23.4. The molecule has 1 heterocycles. The van der Waals surface area contributed by atoms with Gasteiger partial charge in [0.1, 0.15) is 6.54 Å². The molecular weight excluding hydrogens is 282 g/mol. The first-order valence-corrected chi connectivity index (χ1v) is 6.46. The van der Waals surface area contributed by atoms with Gasteiger partial charge >= 0.3 is 11.7 Å². The molecule has 1 aromatic carbocycles. The third-order valence-electron chi connectivity index (χ3n) is 2.73. The topological polar surface area (TPSA) is 66.1 Å². The standard InChI is InChI=1S/C13H14ClN3O3/c1-3-20-11(18)8-17-13(19)16(2)12(15-17)9-4-6-10(14)7-5-9/h4-7H,3,8H2,1-2H3. The van der Waals surface area contributed by atoms with E-state index in [0.29, 0.717) is 10.8 Å². The lowest BCUT2D eigenvalue weighted by molar-refractivity contribution is -0.144. The van der Waals surface area contributed by atoms with Crippen molar-refractivity contribution in [1.29, 1.82) is 0 Å². The molecule has 7 heteroatoms. The minimum absolute atomic E-state index is 0.200. The number of ether oxygens (including phenoxy) is 1. The molecule has 106 valence electrons. The first-order chi connectivity index (χ1) is 9.52. The van der Waals surface area contributed by atoms with Crippen LogP contribution in [0.3, 0.4) is 0 Å². The zero-order valence-corrected chi connectivity index (χ0v) is 11.9. The first kappa shape index (κ1) is 14.3. The number of halogens is 1. The molecule has 0 saturated carbocycles. The summed E-state index contributed by atoms with van der Waals surface area (Å²) in [5, 5.41) is 4.76. The van der Waals surface area contributed by atoms with Crippen molar-refractivity contribution in [2.45, 2.75) is 13.5 Å². The quantitative estimate of drug-likeness (QED) is 0.801. The summed E-state index contributed by atoms with van der Waals surface area (Å²) >= 11 is 5.82. The van der Waals surface area contributed by atoms with E-state index < -0.39 is 5.97 Å². The molecule has 0 unspecified atom stereocenters. The van der Waals surface area contributed by atoms with Crippen molar-refractivity contribution in [3.05, 3.63) is 39.8 Å². The van der Waals surface area contributed by atoms with Gasteiger partial charge in [0.25, 0.3) is 0 Å². The van der Waals surface area contributed by atoms with Gasteiger partial charge in [-0.15, -0.1) is 5.10 Å². The second kappa shape index (κ2) is 5.92. The van der Waals surface area contributed by atoms with Crippen LogP contribution in [-0.2, 0) is 23.1 Å². The summed E-state index contributed by atoms with van der Waals surface area (Å²) < 4.78 is 7.27. The molecule has 20 heavy (non-hydrogen) atoms. The molecule has 2 rings (SSSR count). The van der Waals surface area contributed by atoms with Gasteiger partial charge in [0.05, 0.1) is 6.61 Å². The molecule has 0 aliphatic heterocycles. The van der Waals surface area contributed by atoms with E-state index in [9.17, 15) is 9.59 Å². The lowest BCUT2D eigenvalue weighted by atomic mass is 10.2. The van der Waals surface area contributed by atoms with E-state index in [1.54, 1.807) is 38.2 Å². The van der Waals surface area contributed by atoms with Crippen LogP contribution in [-0.4, -0.2) is 26.9 Å². The molecule has 0 amide bonds. The second-order valence-electron chi connectivity index (χ2n) is 4.13. The van der Waals surface area contributed by atoms with Crippen LogP contribution in [0.25, 0.3) is 11.4 Å². The summed E-state index contributed by atoms with van der Waals surface area (Å²) in [5.41, 5.74) is 0.375. The maximum atomic E-state index is 12.0. The predicted molar refractivity (Wildman–Crippen MR) is 74.5 cm³/mol. The molecule has 0 N–H and O–H groups in total. The average Bonchev–Trinajstić information content (AvgIpc) is 2.68. The highest BCUT2D eigenvalue weighted by Crippen LogP contribution is 2.18. The molecule has 0 bridgehead atoms. The molecule has 6 nitrogen and oxygen atoms in total. The van der Waals surface area contributed by atoms with Crippen molar-refractivity contribution in [3.8, 4) is 11.4 Å². The number of nitrogens with zero attached hydrogens (tertiary/aromatic N) is 3. The Balaban J connectivity index is 2.35. The van der Waals surface area contributed by atoms with Gasteiger partial charge < -0.3 is 4.74 Å². The normalized spacial score (nSPS) is 10.6. The van der Waals surface area contributed by atoms with Crippen molar-refractivity contribution in [3.63, 3.8) is 0 Å². The van der Waals surface area contributed by atoms with Gasteiger partial charge in [-0.05, 0) is 31.2 Å². The minimum Gasteiger partial charge on any atom is -0.465 e. The Morgan fingerprint density at radius 3 is 2.60 bits per heavy atom. The molecule has 0 radical (unpaired) electrons. The van der Waals surface area contributed by atoms with Gasteiger partial charge in [-0.2, -0.15) is 0 Å². The monoisotopic (exact) mass is 295 g/mol. The van der Waals surface area contributed by atoms with Gasteiger partial charge in [0.2, 0.25) is 0 Å². The maximum Gasteiger partial charge on any atom is 0.346 e. The fraction of sp³-hybridized carbons (Fsp3) is 0.308. The van der Waals surface area contributed by atoms with Crippen molar-refractivity contribution >= 4 is 17.6 Å². The highest BCUT2D eigenvalue weighted by molar-refractivity contribution is 6.30. The lowest BCUT2D eigenvalue weighted by Crippen LogP contribution is -2.27. The molecule has 0 fully saturated rings. The summed E-state index contributed by atoms with van der Waals surface area (Å²) in [6.07, 6.45) is 0. The molecule has 0 aliphatic rings. The number of carbonyl (C=O) groups is 1. The van der Waals surface area contributed by atoms with Gasteiger partial charge in [-0.3, -0.25) is 9.36 Å². The van der Waals surface area contributed by atoms with Gasteiger partial charge in [0, 0.05) is 17.6 Å². The van der Waals surface area contributed by atoms with Crippen LogP contribution in [0.4, 0.5) is 0 Å². The van der Waals surface area contributed by atoms with Crippen LogP contribution in [0.15, 0.2) is 29.1 Å². The third kappa shape index (κ3) is 2.91. The zero-order valence-electron chi connectivity index (χ0n) is 11.2. The third-order valence-corrected chi connectivity index (χ3v) is 2.98. The molecule has 0 saturated heterocycles. The summed E-state index contributed by atoms with van der Waals surface area (Å²) in [6, 6.07) is 6.95. The molecule has 0 aliphatic carbocycles. The smallest absolute Gasteiger partial charge is 0.346 e. The number of hydrogen-bond donors (Lipinski definition) is 0. The molecule has 0 atom stereocenters. The molecule has 1 aromatic heterocycles. The SMILES string of the molecule is CCOC(=O)Cn1nc(-c2ccc(Cl)cc2)n(C)c1=O. The summed E-state index contributed by atoms with van der Waals surface area (Å²) in [7, 11) is 1.60. The largest absolute Gasteiger partial charge is 0.465 e. The maximum absolute atomic E-state index is 12.0. The van der Waals surface area contributed by atoms with E-state index in [1.807, 2.05) is 0 Å². The van der Waals surface area contributed by atoms with E-state index in [-0.39, 0.29) is 18.8 Å². The van der Waals surface area contributed by atoms with Crippen LogP contribution >= 0.6 is 11.6 Å². The fourth-order valence-electron chi connectivity index (χ4n) is 1.77. The highest BCUT2D eigenvalue weighted by Gasteiger charge is 2.14. The van der Waals surface area contributed by atoms with E-state index in [4.69, 9.17) is 16.3 Å². The van der Waals surface area contributed by atoms with Crippen LogP contribution in [0.5, 0.6) is 0 Å². The predicted octanol–water partition coefficient (Wildman–Crippen LogP) is 1.47. The van der Waals surface area contributed by atoms with Crippen LogP contribution in [0, 0.1) is 0 Å². The van der Waals surface area contributed by atoms with Crippen molar-refractivity contribution < 1.29 is 9.53 Å². The number of esters is 1. The van der Waals surface area contributed by atoms with E-state index in [1.165, 1.54) is 4.57 Å². The average molecular weight is 296 g/mol. The number of benzene rings is 1. The Kier molecular flexibility index (Phi) is 4.24. The number of rotatable bonds is 4. The Labute approximate surface area is 120 Å². The molecule has 2 aromatic rings. The van der Waals surface area contributed by atoms with E-state index in [0.717, 1.165) is 10.2 Å². The van der Waals surface area contributed by atoms with Crippen LogP contribution in [0.2, 0.25) is 5.02 Å². The highest BCUT2D eigenvalue weighted by atomic mass is 35.5. The summed E-state index contributed by atoms with van der Waals surface area (Å²) in [6.45, 7) is 1.77. The minimum atomic E-state index is -0.490. The van der Waals surface area contributed by atoms with Gasteiger partial charge in [-0.1, -0.05) is 11.6 Å². The Morgan fingerprint density at radius 2 is 2.00 bits per heavy atom. The van der Waals surface area contributed by atoms with E-state index in [2.05, 4.69) is 5.10 Å². The van der Waals surface area contributed by atoms with Crippen LogP contribution < -0.4 is 5.69 Å². The van der Waals surface area contributed by atoms with Gasteiger partial charge in [-0.25, -0.2) is 9.48 Å². The lowest BCUT2D eigenvalue weighted by Gasteiger charge is -2.00. The second-order valence-corrected chi connectivity index (χ2v) is 4.57. The Morgan fingerprint density at radius 1 is 1.35 bits per heavy atom. The number of carbonyl (C=O) groups excluding carboxylic acids is 1. The van der Waals surface area contributed by atoms with Gasteiger partial charge in [0.15, 0.2) is 5.82 Å². The number of aromatic nitrogens is 3. The zero-order chi connectivity index (χ0) is 14.7. The fourth-order valence-corrected chi connectivity index (χ4v) is 1.90. The number of hydrogen-bond acceptors (Lipinski definition) is 4. The van der Waals surface area contributed by atoms with Crippen molar-refractivity contribution in [2.24, 2.45) is 7.05 Å². The summed E-state index contributed by atoms with van der Waals surface area (Å²) in [5.74, 6) is -0.0219. The Hall–Kier alpha value is -2.08. The molecular formula is C13H14ClN3O3. The van der Waals surface area contributed by atoms with E-state index >= 15 is 0 Å². The molecule has 0 spiro atoms. The van der Waals surface area contributed by atoms with Crippen LogP contribution in [0.1, 0.15) is 6.92 Å². The van der Waals surface area contributed by atoms with Crippen molar-refractivity contribution in [1.82, 2.24) is 14.3 Å².